The van der Waals surface area contributed by atoms with Gasteiger partial charge in [0.2, 0.25) is 11.0 Å². The molecule has 2 N–H and O–H groups in total. The van der Waals surface area contributed by atoms with Crippen molar-refractivity contribution in [1.82, 2.24) is 20.1 Å². The van der Waals surface area contributed by atoms with Gasteiger partial charge in [-0.25, -0.2) is 4.98 Å². The fourth-order valence-electron chi connectivity index (χ4n) is 1.96. The molecule has 0 aliphatic carbocycles. The Hall–Kier alpha value is -1.89. The van der Waals surface area contributed by atoms with Crippen molar-refractivity contribution in [1.29, 1.82) is 0 Å². The molecular formula is C14H20N4O2S. The molecule has 0 radical (unpaired) electrons. The number of aromatic nitrogens is 3. The standard InChI is InChI=1S/C14H20N4O2S/c1-5-6-15-12(19)7-11-9(3)17-18(13(11)20)14-16-8(2)10(4)21-14/h17H,5-7H2,1-4H3,(H,15,19). The fourth-order valence-corrected chi connectivity index (χ4v) is 2.83. The summed E-state index contributed by atoms with van der Waals surface area (Å²) in [6.07, 6.45) is 0.970. The van der Waals surface area contributed by atoms with Gasteiger partial charge in [0.1, 0.15) is 0 Å². The molecule has 0 aliphatic heterocycles. The Kier molecular flexibility index (Phi) is 4.62. The van der Waals surface area contributed by atoms with Gasteiger partial charge in [0, 0.05) is 22.7 Å². The van der Waals surface area contributed by atoms with Crippen molar-refractivity contribution in [3.05, 3.63) is 32.2 Å². The molecular weight excluding hydrogens is 288 g/mol. The van der Waals surface area contributed by atoms with Crippen molar-refractivity contribution in [2.24, 2.45) is 0 Å². The Morgan fingerprint density at radius 3 is 2.67 bits per heavy atom. The Labute approximate surface area is 127 Å². The molecule has 2 rings (SSSR count). The average Bonchev–Trinajstić information content (AvgIpc) is 2.91. The molecule has 1 amide bonds. The number of amides is 1. The molecule has 0 fully saturated rings. The molecule has 0 saturated heterocycles. The predicted octanol–water partition coefficient (Wildman–Crippen LogP) is 1.62. The summed E-state index contributed by atoms with van der Waals surface area (Å²) < 4.78 is 1.42. The molecule has 21 heavy (non-hydrogen) atoms. The van der Waals surface area contributed by atoms with Gasteiger partial charge in [-0.2, -0.15) is 4.68 Å². The second kappa shape index (κ2) is 6.26. The van der Waals surface area contributed by atoms with E-state index in [9.17, 15) is 9.59 Å². The number of nitrogens with one attached hydrogen (secondary N) is 2. The lowest BCUT2D eigenvalue weighted by Gasteiger charge is -2.01. The summed E-state index contributed by atoms with van der Waals surface area (Å²) in [5, 5.41) is 6.40. The van der Waals surface area contributed by atoms with Gasteiger partial charge in [0.05, 0.1) is 12.1 Å². The molecule has 0 atom stereocenters. The third kappa shape index (κ3) is 3.24. The predicted molar refractivity (Wildman–Crippen MR) is 83.3 cm³/mol. The maximum Gasteiger partial charge on any atom is 0.277 e. The maximum atomic E-state index is 12.4. The fraction of sp³-hybridized carbons (Fsp3) is 0.500. The van der Waals surface area contributed by atoms with Crippen molar-refractivity contribution in [2.75, 3.05) is 6.54 Å². The largest absolute Gasteiger partial charge is 0.356 e. The zero-order chi connectivity index (χ0) is 15.6. The van der Waals surface area contributed by atoms with Crippen molar-refractivity contribution in [3.8, 4) is 5.13 Å². The lowest BCUT2D eigenvalue weighted by atomic mass is 10.2. The summed E-state index contributed by atoms with van der Waals surface area (Å²) in [5.41, 5.74) is 1.91. The van der Waals surface area contributed by atoms with Gasteiger partial charge < -0.3 is 5.32 Å². The summed E-state index contributed by atoms with van der Waals surface area (Å²) in [5.74, 6) is -0.130. The van der Waals surface area contributed by atoms with Gasteiger partial charge in [-0.15, -0.1) is 0 Å². The number of aromatic amines is 1. The van der Waals surface area contributed by atoms with Gasteiger partial charge in [-0.3, -0.25) is 14.7 Å². The molecule has 2 heterocycles. The number of carbonyl (C=O) groups excluding carboxylic acids is 1. The first-order valence-electron chi connectivity index (χ1n) is 6.95. The van der Waals surface area contributed by atoms with Crippen molar-refractivity contribution < 1.29 is 4.79 Å². The monoisotopic (exact) mass is 308 g/mol. The number of thiazole rings is 1. The third-order valence-electron chi connectivity index (χ3n) is 3.31. The van der Waals surface area contributed by atoms with Gasteiger partial charge in [0.15, 0.2) is 0 Å². The van der Waals surface area contributed by atoms with Crippen LogP contribution in [0.3, 0.4) is 0 Å². The van der Waals surface area contributed by atoms with E-state index in [4.69, 9.17) is 0 Å². The number of hydrogen-bond donors (Lipinski definition) is 2. The molecule has 7 heteroatoms. The molecule has 6 nitrogen and oxygen atoms in total. The highest BCUT2D eigenvalue weighted by molar-refractivity contribution is 7.14. The molecule has 2 aromatic heterocycles. The van der Waals surface area contributed by atoms with E-state index in [-0.39, 0.29) is 17.9 Å². The number of carbonyl (C=O) groups is 1. The van der Waals surface area contributed by atoms with Crippen LogP contribution in [0.4, 0.5) is 0 Å². The van der Waals surface area contributed by atoms with E-state index in [1.54, 1.807) is 6.92 Å². The number of hydrogen-bond acceptors (Lipinski definition) is 4. The van der Waals surface area contributed by atoms with Gasteiger partial charge in [-0.1, -0.05) is 18.3 Å². The van der Waals surface area contributed by atoms with E-state index in [1.807, 2.05) is 20.8 Å². The number of nitrogens with zero attached hydrogens (tertiary/aromatic N) is 2. The van der Waals surface area contributed by atoms with Crippen LogP contribution in [0, 0.1) is 20.8 Å². The summed E-state index contributed by atoms with van der Waals surface area (Å²) in [6.45, 7) is 8.29. The number of aryl methyl sites for hydroxylation is 3. The van der Waals surface area contributed by atoms with Crippen LogP contribution in [-0.2, 0) is 11.2 Å². The van der Waals surface area contributed by atoms with Crippen molar-refractivity contribution in [3.63, 3.8) is 0 Å². The minimum atomic E-state index is -0.201. The normalized spacial score (nSPS) is 10.9. The zero-order valence-electron chi connectivity index (χ0n) is 12.7. The van der Waals surface area contributed by atoms with E-state index >= 15 is 0 Å². The summed E-state index contributed by atoms with van der Waals surface area (Å²) >= 11 is 1.46. The summed E-state index contributed by atoms with van der Waals surface area (Å²) in [7, 11) is 0. The maximum absolute atomic E-state index is 12.4. The van der Waals surface area contributed by atoms with Crippen LogP contribution < -0.4 is 10.9 Å². The minimum Gasteiger partial charge on any atom is -0.356 e. The molecule has 0 bridgehead atoms. The van der Waals surface area contributed by atoms with Crippen LogP contribution in [-0.4, -0.2) is 27.2 Å². The van der Waals surface area contributed by atoms with Gasteiger partial charge in [0.25, 0.3) is 5.56 Å². The summed E-state index contributed by atoms with van der Waals surface area (Å²) in [4.78, 5) is 29.7. The zero-order valence-corrected chi connectivity index (χ0v) is 13.6. The van der Waals surface area contributed by atoms with Gasteiger partial charge >= 0.3 is 0 Å². The van der Waals surface area contributed by atoms with Crippen LogP contribution in [0.25, 0.3) is 5.13 Å². The van der Waals surface area contributed by atoms with E-state index in [0.717, 1.165) is 17.0 Å². The SMILES string of the molecule is CCCNC(=O)Cc1c(C)[nH]n(-c2nc(C)c(C)s2)c1=O. The Bertz CT molecular complexity index is 692. The first-order valence-corrected chi connectivity index (χ1v) is 7.77. The van der Waals surface area contributed by atoms with E-state index in [0.29, 0.717) is 22.9 Å². The van der Waals surface area contributed by atoms with Crippen LogP contribution in [0.2, 0.25) is 0 Å². The molecule has 0 unspecified atom stereocenters. The van der Waals surface area contributed by atoms with E-state index in [1.165, 1.54) is 16.0 Å². The highest BCUT2D eigenvalue weighted by Crippen LogP contribution is 2.19. The first-order chi connectivity index (χ1) is 9.93. The van der Waals surface area contributed by atoms with Gasteiger partial charge in [-0.05, 0) is 27.2 Å². The summed E-state index contributed by atoms with van der Waals surface area (Å²) in [6, 6.07) is 0. The Morgan fingerprint density at radius 2 is 2.10 bits per heavy atom. The quantitative estimate of drug-likeness (QED) is 0.881. The lowest BCUT2D eigenvalue weighted by Crippen LogP contribution is -2.28. The van der Waals surface area contributed by atoms with Crippen LogP contribution in [0.1, 0.15) is 35.2 Å². The average molecular weight is 308 g/mol. The molecule has 0 aliphatic rings. The number of H-pyrrole nitrogens is 1. The second-order valence-electron chi connectivity index (χ2n) is 5.02. The van der Waals surface area contributed by atoms with E-state index in [2.05, 4.69) is 15.4 Å². The Balaban J connectivity index is 2.29. The Morgan fingerprint density at radius 1 is 1.38 bits per heavy atom. The highest BCUT2D eigenvalue weighted by atomic mass is 32.1. The minimum absolute atomic E-state index is 0.0947. The second-order valence-corrected chi connectivity index (χ2v) is 6.20. The van der Waals surface area contributed by atoms with Crippen molar-refractivity contribution >= 4 is 17.2 Å². The lowest BCUT2D eigenvalue weighted by molar-refractivity contribution is -0.120. The van der Waals surface area contributed by atoms with Crippen LogP contribution in [0.15, 0.2) is 4.79 Å². The first kappa shape index (κ1) is 15.5. The van der Waals surface area contributed by atoms with Crippen molar-refractivity contribution in [2.45, 2.75) is 40.5 Å². The van der Waals surface area contributed by atoms with E-state index < -0.39 is 0 Å². The molecule has 114 valence electrons. The van der Waals surface area contributed by atoms with Crippen LogP contribution in [0.5, 0.6) is 0 Å². The van der Waals surface area contributed by atoms with Crippen LogP contribution >= 0.6 is 11.3 Å². The molecule has 0 spiro atoms. The third-order valence-corrected chi connectivity index (χ3v) is 4.37. The molecule has 0 saturated carbocycles. The molecule has 2 aromatic rings. The topological polar surface area (TPSA) is 79.8 Å². The molecule has 0 aromatic carbocycles. The smallest absolute Gasteiger partial charge is 0.277 e. The number of rotatable bonds is 5. The highest BCUT2D eigenvalue weighted by Gasteiger charge is 2.17.